The van der Waals surface area contributed by atoms with Crippen LogP contribution in [0.5, 0.6) is 0 Å². The summed E-state index contributed by atoms with van der Waals surface area (Å²) in [6.45, 7) is 0. The molecule has 2 aromatic carbocycles. The van der Waals surface area contributed by atoms with Crippen LogP contribution in [-0.2, 0) is 12.8 Å². The first-order valence-corrected chi connectivity index (χ1v) is 8.21. The lowest BCUT2D eigenvalue weighted by Crippen LogP contribution is -2.10. The summed E-state index contributed by atoms with van der Waals surface area (Å²) in [5.74, 6) is 0.0538. The average molecular weight is 376 g/mol. The van der Waals surface area contributed by atoms with Crippen LogP contribution in [0.4, 0.5) is 4.39 Å². The molecule has 0 amide bonds. The first kappa shape index (κ1) is 15.8. The van der Waals surface area contributed by atoms with Crippen LogP contribution in [0.1, 0.15) is 11.1 Å². The van der Waals surface area contributed by atoms with Gasteiger partial charge in [-0.25, -0.2) is 4.39 Å². The van der Waals surface area contributed by atoms with Crippen LogP contribution in [-0.4, -0.2) is 5.33 Å². The van der Waals surface area contributed by atoms with E-state index in [0.717, 1.165) is 34.3 Å². The normalized spacial score (nSPS) is 12.4. The summed E-state index contributed by atoms with van der Waals surface area (Å²) >= 11 is 15.8. The molecule has 106 valence electrons. The minimum Gasteiger partial charge on any atom is -0.207 e. The van der Waals surface area contributed by atoms with Gasteiger partial charge in [-0.3, -0.25) is 0 Å². The molecule has 0 saturated carbocycles. The number of rotatable bonds is 5. The molecule has 0 saturated heterocycles. The van der Waals surface area contributed by atoms with E-state index in [4.69, 9.17) is 23.2 Å². The Bertz CT molecular complexity index is 586. The van der Waals surface area contributed by atoms with Gasteiger partial charge in [0.2, 0.25) is 0 Å². The van der Waals surface area contributed by atoms with Crippen LogP contribution in [0.25, 0.3) is 0 Å². The van der Waals surface area contributed by atoms with E-state index in [2.05, 4.69) is 15.9 Å². The standard InChI is InChI=1S/C16H14BrCl2F/c17-10-11(7-12-3-1-2-4-15(12)18)8-13-5-6-14(20)9-16(13)19/h1-6,9,11H,7-8,10H2. The van der Waals surface area contributed by atoms with Gasteiger partial charge in [0.15, 0.2) is 0 Å². The van der Waals surface area contributed by atoms with Crippen molar-refractivity contribution in [3.05, 3.63) is 69.5 Å². The zero-order chi connectivity index (χ0) is 14.5. The molecule has 0 aliphatic rings. The monoisotopic (exact) mass is 374 g/mol. The molecule has 0 N–H and O–H groups in total. The Morgan fingerprint density at radius 1 is 0.950 bits per heavy atom. The Kier molecular flexibility index (Phi) is 5.88. The molecule has 1 unspecified atom stereocenters. The average Bonchev–Trinajstić information content (AvgIpc) is 2.43. The minimum atomic E-state index is -0.305. The Hall–Kier alpha value is -0.570. The third kappa shape index (κ3) is 4.21. The molecule has 0 fully saturated rings. The topological polar surface area (TPSA) is 0 Å². The maximum absolute atomic E-state index is 13.1. The number of halogens is 4. The second-order valence-electron chi connectivity index (χ2n) is 4.76. The van der Waals surface area contributed by atoms with Crippen molar-refractivity contribution >= 4 is 39.1 Å². The van der Waals surface area contributed by atoms with E-state index in [0.29, 0.717) is 10.9 Å². The second kappa shape index (κ2) is 7.44. The predicted molar refractivity (Wildman–Crippen MR) is 87.6 cm³/mol. The van der Waals surface area contributed by atoms with E-state index in [-0.39, 0.29) is 5.82 Å². The fraction of sp³-hybridized carbons (Fsp3) is 0.250. The van der Waals surface area contributed by atoms with Gasteiger partial charge in [-0.05, 0) is 48.1 Å². The van der Waals surface area contributed by atoms with E-state index < -0.39 is 0 Å². The fourth-order valence-electron chi connectivity index (χ4n) is 2.15. The van der Waals surface area contributed by atoms with Crippen molar-refractivity contribution in [3.8, 4) is 0 Å². The molecular formula is C16H14BrCl2F. The smallest absolute Gasteiger partial charge is 0.124 e. The molecule has 0 nitrogen and oxygen atoms in total. The molecule has 4 heteroatoms. The van der Waals surface area contributed by atoms with Crippen LogP contribution in [0.15, 0.2) is 42.5 Å². The van der Waals surface area contributed by atoms with Crippen LogP contribution >= 0.6 is 39.1 Å². The van der Waals surface area contributed by atoms with Gasteiger partial charge in [0.05, 0.1) is 0 Å². The van der Waals surface area contributed by atoms with Gasteiger partial charge < -0.3 is 0 Å². The summed E-state index contributed by atoms with van der Waals surface area (Å²) < 4.78 is 13.1. The molecule has 2 aromatic rings. The van der Waals surface area contributed by atoms with E-state index in [1.165, 1.54) is 12.1 Å². The van der Waals surface area contributed by atoms with Crippen molar-refractivity contribution in [1.29, 1.82) is 0 Å². The number of benzene rings is 2. The first-order valence-electron chi connectivity index (χ1n) is 6.33. The Morgan fingerprint density at radius 3 is 2.20 bits per heavy atom. The lowest BCUT2D eigenvalue weighted by Gasteiger charge is -2.16. The second-order valence-corrected chi connectivity index (χ2v) is 6.22. The van der Waals surface area contributed by atoms with Gasteiger partial charge in [-0.1, -0.05) is 63.4 Å². The highest BCUT2D eigenvalue weighted by Gasteiger charge is 2.13. The van der Waals surface area contributed by atoms with Gasteiger partial charge in [0, 0.05) is 15.4 Å². The fourth-order valence-corrected chi connectivity index (χ4v) is 3.07. The van der Waals surface area contributed by atoms with E-state index in [1.807, 2.05) is 24.3 Å². The van der Waals surface area contributed by atoms with Gasteiger partial charge in [0.1, 0.15) is 5.82 Å². The van der Waals surface area contributed by atoms with Crippen LogP contribution < -0.4 is 0 Å². The Morgan fingerprint density at radius 2 is 1.60 bits per heavy atom. The molecular weight excluding hydrogens is 362 g/mol. The highest BCUT2D eigenvalue weighted by atomic mass is 79.9. The zero-order valence-corrected chi connectivity index (χ0v) is 13.8. The molecule has 0 aromatic heterocycles. The largest absolute Gasteiger partial charge is 0.207 e. The maximum Gasteiger partial charge on any atom is 0.124 e. The lowest BCUT2D eigenvalue weighted by molar-refractivity contribution is 0.588. The van der Waals surface area contributed by atoms with E-state index in [1.54, 1.807) is 6.07 Å². The van der Waals surface area contributed by atoms with Crippen molar-refractivity contribution in [2.45, 2.75) is 12.8 Å². The van der Waals surface area contributed by atoms with Crippen molar-refractivity contribution < 1.29 is 4.39 Å². The summed E-state index contributed by atoms with van der Waals surface area (Å²) in [4.78, 5) is 0. The minimum absolute atomic E-state index is 0.305. The van der Waals surface area contributed by atoms with Crippen molar-refractivity contribution in [3.63, 3.8) is 0 Å². The maximum atomic E-state index is 13.1. The van der Waals surface area contributed by atoms with Gasteiger partial charge >= 0.3 is 0 Å². The number of hydrogen-bond acceptors (Lipinski definition) is 0. The van der Waals surface area contributed by atoms with Crippen molar-refractivity contribution in [2.75, 3.05) is 5.33 Å². The van der Waals surface area contributed by atoms with Gasteiger partial charge in [-0.15, -0.1) is 0 Å². The molecule has 0 heterocycles. The number of alkyl halides is 1. The third-order valence-corrected chi connectivity index (χ3v) is 4.84. The van der Waals surface area contributed by atoms with E-state index >= 15 is 0 Å². The summed E-state index contributed by atoms with van der Waals surface area (Å²) in [6.07, 6.45) is 1.65. The quantitative estimate of drug-likeness (QED) is 0.568. The molecule has 1 atom stereocenters. The summed E-state index contributed by atoms with van der Waals surface area (Å²) in [5, 5.41) is 2.10. The number of hydrogen-bond donors (Lipinski definition) is 0. The summed E-state index contributed by atoms with van der Waals surface area (Å²) in [7, 11) is 0. The molecule has 0 spiro atoms. The Labute approximate surface area is 137 Å². The lowest BCUT2D eigenvalue weighted by atomic mass is 9.94. The van der Waals surface area contributed by atoms with Crippen LogP contribution in [0.3, 0.4) is 0 Å². The van der Waals surface area contributed by atoms with Crippen LogP contribution in [0.2, 0.25) is 10.0 Å². The molecule has 0 bridgehead atoms. The van der Waals surface area contributed by atoms with Crippen molar-refractivity contribution in [1.82, 2.24) is 0 Å². The zero-order valence-electron chi connectivity index (χ0n) is 10.8. The highest BCUT2D eigenvalue weighted by molar-refractivity contribution is 9.09. The van der Waals surface area contributed by atoms with E-state index in [9.17, 15) is 4.39 Å². The van der Waals surface area contributed by atoms with Gasteiger partial charge in [-0.2, -0.15) is 0 Å². The predicted octanol–water partition coefficient (Wildman–Crippen LogP) is 5.93. The molecule has 20 heavy (non-hydrogen) atoms. The Balaban J connectivity index is 2.11. The molecule has 0 aliphatic heterocycles. The third-order valence-electron chi connectivity index (χ3n) is 3.21. The van der Waals surface area contributed by atoms with Gasteiger partial charge in [0.25, 0.3) is 0 Å². The molecule has 0 radical (unpaired) electrons. The van der Waals surface area contributed by atoms with Crippen molar-refractivity contribution in [2.24, 2.45) is 5.92 Å². The highest BCUT2D eigenvalue weighted by Crippen LogP contribution is 2.25. The van der Waals surface area contributed by atoms with Crippen LogP contribution in [0, 0.1) is 11.7 Å². The molecule has 0 aliphatic carbocycles. The molecule has 2 rings (SSSR count). The summed E-state index contributed by atoms with van der Waals surface area (Å²) in [6, 6.07) is 12.4. The summed E-state index contributed by atoms with van der Waals surface area (Å²) in [5.41, 5.74) is 2.08. The first-order chi connectivity index (χ1) is 9.60. The SMILES string of the molecule is Fc1ccc(CC(CBr)Cc2ccccc2Cl)c(Cl)c1.